The van der Waals surface area contributed by atoms with Crippen LogP contribution in [0.4, 0.5) is 0 Å². The molecule has 0 amide bonds. The van der Waals surface area contributed by atoms with E-state index in [9.17, 15) is 24.7 Å². The van der Waals surface area contributed by atoms with E-state index in [1.54, 1.807) is 0 Å². The molecule has 5 atom stereocenters. The lowest BCUT2D eigenvalue weighted by molar-refractivity contribution is -0.318. The molecule has 1 aliphatic rings. The molecule has 0 radical (unpaired) electrons. The molecular weight excluding hydrogens is 339 g/mol. The Morgan fingerprint density at radius 3 is 2.57 bits per heavy atom. The van der Waals surface area contributed by atoms with Gasteiger partial charge in [0, 0.05) is 6.42 Å². The van der Waals surface area contributed by atoms with Gasteiger partial charge in [0.05, 0.1) is 19.3 Å². The van der Waals surface area contributed by atoms with Crippen molar-refractivity contribution >= 4 is 13.8 Å². The van der Waals surface area contributed by atoms with E-state index in [0.717, 1.165) is 0 Å². The zero-order valence-corrected chi connectivity index (χ0v) is 12.8. The predicted octanol–water partition coefficient (Wildman–Crippen LogP) is -2.05. The molecule has 1 saturated heterocycles. The van der Waals surface area contributed by atoms with Crippen molar-refractivity contribution in [1.29, 1.82) is 0 Å². The van der Waals surface area contributed by atoms with E-state index in [1.807, 2.05) is 0 Å². The monoisotopic (exact) mass is 358 g/mol. The number of aliphatic hydroxyl groups excluding tert-OH is 3. The average Bonchev–Trinajstić information content (AvgIpc) is 2.45. The molecule has 1 fully saturated rings. The summed E-state index contributed by atoms with van der Waals surface area (Å²) in [6, 6.07) is 0. The first kappa shape index (κ1) is 20.2. The number of hydrogen-bond donors (Lipinski definition) is 6. The fraction of sp³-hybridized carbons (Fsp3) is 0.727. The van der Waals surface area contributed by atoms with Crippen LogP contribution in [0.25, 0.3) is 0 Å². The summed E-state index contributed by atoms with van der Waals surface area (Å²) in [5.74, 6) is -4.04. The molecule has 0 bridgehead atoms. The smallest absolute Gasteiger partial charge is 0.470 e. The van der Waals surface area contributed by atoms with E-state index in [1.165, 1.54) is 6.08 Å². The molecule has 1 aliphatic heterocycles. The molecule has 1 rings (SSSR count). The predicted molar refractivity (Wildman–Crippen MR) is 72.0 cm³/mol. The van der Waals surface area contributed by atoms with Crippen LogP contribution in [-0.2, 0) is 23.4 Å². The summed E-state index contributed by atoms with van der Waals surface area (Å²) < 4.78 is 25.4. The van der Waals surface area contributed by atoms with Gasteiger partial charge in [0.1, 0.15) is 18.3 Å². The molecule has 0 aromatic heterocycles. The first-order valence-electron chi connectivity index (χ1n) is 6.43. The third-order valence-electron chi connectivity index (χ3n) is 3.09. The van der Waals surface area contributed by atoms with Crippen LogP contribution in [-0.4, -0.2) is 79.6 Å². The maximum atomic E-state index is 11.4. The van der Waals surface area contributed by atoms with E-state index in [2.05, 4.69) is 11.1 Å². The lowest BCUT2D eigenvalue weighted by atomic mass is 9.92. The van der Waals surface area contributed by atoms with Gasteiger partial charge in [-0.3, -0.25) is 4.52 Å². The summed E-state index contributed by atoms with van der Waals surface area (Å²) in [6.45, 7) is 2.13. The zero-order valence-electron chi connectivity index (χ0n) is 11.9. The van der Waals surface area contributed by atoms with Crippen LogP contribution >= 0.6 is 7.82 Å². The van der Waals surface area contributed by atoms with Crippen LogP contribution in [0.2, 0.25) is 0 Å². The normalized spacial score (nSPS) is 33.2. The standard InChI is InChI=1S/C11H19O11P/c1-2-3-20-11(10(15)16)4-6(13)9(22-23(17,18)19)8(21-11)7(14)5-12/h2,6-9,12-14H,1,3-5H2,(H,15,16)(H2,17,18,19)/t6-,7?,8-,9-,11-/m1/s1. The van der Waals surface area contributed by atoms with Crippen molar-refractivity contribution in [2.24, 2.45) is 0 Å². The minimum absolute atomic E-state index is 0.273. The summed E-state index contributed by atoms with van der Waals surface area (Å²) in [5.41, 5.74) is 0. The summed E-state index contributed by atoms with van der Waals surface area (Å²) >= 11 is 0. The Hall–Kier alpha value is -0.880. The summed E-state index contributed by atoms with van der Waals surface area (Å²) in [6.07, 6.45) is -6.60. The van der Waals surface area contributed by atoms with Crippen molar-refractivity contribution < 1.29 is 53.6 Å². The van der Waals surface area contributed by atoms with Gasteiger partial charge in [-0.1, -0.05) is 6.08 Å². The maximum Gasteiger partial charge on any atom is 0.470 e. The lowest BCUT2D eigenvalue weighted by Gasteiger charge is -2.45. The number of hydrogen-bond acceptors (Lipinski definition) is 8. The van der Waals surface area contributed by atoms with Gasteiger partial charge in [-0.15, -0.1) is 6.58 Å². The van der Waals surface area contributed by atoms with E-state index in [-0.39, 0.29) is 6.61 Å². The zero-order chi connectivity index (χ0) is 17.8. The third-order valence-corrected chi connectivity index (χ3v) is 3.61. The fourth-order valence-corrected chi connectivity index (χ4v) is 2.70. The van der Waals surface area contributed by atoms with Crippen molar-refractivity contribution in [1.82, 2.24) is 0 Å². The first-order valence-corrected chi connectivity index (χ1v) is 7.96. The van der Waals surface area contributed by atoms with E-state index in [4.69, 9.17) is 24.4 Å². The molecule has 0 aromatic rings. The molecule has 1 unspecified atom stereocenters. The first-order chi connectivity index (χ1) is 10.6. The number of aliphatic carboxylic acids is 1. The molecule has 0 aromatic carbocycles. The van der Waals surface area contributed by atoms with Gasteiger partial charge in [-0.2, -0.15) is 0 Å². The molecule has 0 spiro atoms. The van der Waals surface area contributed by atoms with Gasteiger partial charge < -0.3 is 39.7 Å². The van der Waals surface area contributed by atoms with Crippen molar-refractivity contribution in [3.63, 3.8) is 0 Å². The minimum Gasteiger partial charge on any atom is -0.477 e. The van der Waals surface area contributed by atoms with Crippen LogP contribution in [0, 0.1) is 0 Å². The number of carboxylic acid groups (broad SMARTS) is 1. The van der Waals surface area contributed by atoms with Crippen LogP contribution in [0.1, 0.15) is 6.42 Å². The van der Waals surface area contributed by atoms with Gasteiger partial charge in [-0.25, -0.2) is 9.36 Å². The Balaban J connectivity index is 3.15. The highest BCUT2D eigenvalue weighted by molar-refractivity contribution is 7.46. The molecule has 23 heavy (non-hydrogen) atoms. The molecule has 1 heterocycles. The maximum absolute atomic E-state index is 11.4. The fourth-order valence-electron chi connectivity index (χ4n) is 2.12. The summed E-state index contributed by atoms with van der Waals surface area (Å²) in [4.78, 5) is 29.2. The average molecular weight is 358 g/mol. The van der Waals surface area contributed by atoms with Crippen LogP contribution in [0.3, 0.4) is 0 Å². The van der Waals surface area contributed by atoms with Crippen molar-refractivity contribution in [2.75, 3.05) is 13.2 Å². The van der Waals surface area contributed by atoms with Gasteiger partial charge >= 0.3 is 13.8 Å². The van der Waals surface area contributed by atoms with Gasteiger partial charge in [-0.05, 0) is 0 Å². The Kier molecular flexibility index (Phi) is 6.83. The van der Waals surface area contributed by atoms with Crippen LogP contribution in [0.15, 0.2) is 12.7 Å². The van der Waals surface area contributed by atoms with Crippen molar-refractivity contribution in [2.45, 2.75) is 36.6 Å². The second-order valence-corrected chi connectivity index (χ2v) is 6.01. The number of phosphoric ester groups is 1. The Bertz CT molecular complexity index is 477. The number of rotatable bonds is 8. The second-order valence-electron chi connectivity index (χ2n) is 4.82. The van der Waals surface area contributed by atoms with Crippen LogP contribution < -0.4 is 0 Å². The minimum atomic E-state index is -5.08. The molecule has 6 N–H and O–H groups in total. The number of ether oxygens (including phenoxy) is 2. The highest BCUT2D eigenvalue weighted by Crippen LogP contribution is 2.43. The lowest BCUT2D eigenvalue weighted by Crippen LogP contribution is -2.63. The van der Waals surface area contributed by atoms with E-state index in [0.29, 0.717) is 0 Å². The second kappa shape index (κ2) is 7.79. The third kappa shape index (κ3) is 5.05. The molecule has 12 heteroatoms. The molecular formula is C11H19O11P. The number of phosphoric acid groups is 1. The quantitative estimate of drug-likeness (QED) is 0.207. The number of carboxylic acids is 1. The van der Waals surface area contributed by atoms with Crippen LogP contribution in [0.5, 0.6) is 0 Å². The molecule has 0 aliphatic carbocycles. The molecule has 0 saturated carbocycles. The Morgan fingerprint density at radius 2 is 2.13 bits per heavy atom. The highest BCUT2D eigenvalue weighted by Gasteiger charge is 2.56. The van der Waals surface area contributed by atoms with Crippen molar-refractivity contribution in [3.8, 4) is 0 Å². The van der Waals surface area contributed by atoms with Gasteiger partial charge in [0.25, 0.3) is 5.79 Å². The SMILES string of the molecule is C=CCO[C@]1(C(=O)O)C[C@@H](O)[C@@H](OP(=O)(O)O)[C@@H](C(O)CO)O1. The molecule has 11 nitrogen and oxygen atoms in total. The topological polar surface area (TPSA) is 183 Å². The summed E-state index contributed by atoms with van der Waals surface area (Å²) in [5, 5.41) is 38.0. The molecule has 134 valence electrons. The number of carbonyl (C=O) groups is 1. The van der Waals surface area contributed by atoms with E-state index >= 15 is 0 Å². The largest absolute Gasteiger partial charge is 0.477 e. The Morgan fingerprint density at radius 1 is 1.52 bits per heavy atom. The van der Waals surface area contributed by atoms with Gasteiger partial charge in [0.2, 0.25) is 0 Å². The Labute approximate surface area is 131 Å². The number of aliphatic hydroxyl groups is 3. The highest BCUT2D eigenvalue weighted by atomic mass is 31.2. The summed E-state index contributed by atoms with van der Waals surface area (Å²) in [7, 11) is -5.08. The van der Waals surface area contributed by atoms with Gasteiger partial charge in [0.15, 0.2) is 0 Å². The van der Waals surface area contributed by atoms with E-state index < -0.39 is 57.0 Å². The van der Waals surface area contributed by atoms with Crippen molar-refractivity contribution in [3.05, 3.63) is 12.7 Å².